The summed E-state index contributed by atoms with van der Waals surface area (Å²) in [5.74, 6) is -4.19. The molecule has 0 fully saturated rings. The number of nitrogens with zero attached hydrogens (tertiary/aromatic N) is 2. The first kappa shape index (κ1) is 12.4. The lowest BCUT2D eigenvalue weighted by atomic mass is 10.3. The fraction of sp³-hybridized carbons (Fsp3) is 0. The largest absolute Gasteiger partial charge is 0.368 e. The maximum atomic E-state index is 13.0. The van der Waals surface area contributed by atoms with Crippen LogP contribution in [0.1, 0.15) is 0 Å². The van der Waals surface area contributed by atoms with Crippen LogP contribution < -0.4 is 11.1 Å². The minimum absolute atomic E-state index is 0.0496. The molecular formula is C10H6ClF3N4. The molecule has 1 aromatic heterocycles. The second-order valence-electron chi connectivity index (χ2n) is 3.30. The van der Waals surface area contributed by atoms with Gasteiger partial charge in [0.2, 0.25) is 5.95 Å². The van der Waals surface area contributed by atoms with Crippen LogP contribution in [-0.2, 0) is 0 Å². The van der Waals surface area contributed by atoms with Crippen LogP contribution in [-0.4, -0.2) is 9.97 Å². The zero-order valence-corrected chi connectivity index (χ0v) is 9.47. The Balaban J connectivity index is 2.37. The lowest BCUT2D eigenvalue weighted by Crippen LogP contribution is -2.02. The SMILES string of the molecule is Nc1ncc(Cl)c(Nc2cc(F)c(F)c(F)c2)n1. The number of nitrogen functional groups attached to an aromatic ring is 1. The van der Waals surface area contributed by atoms with E-state index in [0.29, 0.717) is 0 Å². The number of rotatable bonds is 2. The molecule has 8 heteroatoms. The van der Waals surface area contributed by atoms with E-state index < -0.39 is 17.5 Å². The van der Waals surface area contributed by atoms with Crippen molar-refractivity contribution in [3.8, 4) is 0 Å². The van der Waals surface area contributed by atoms with E-state index in [4.69, 9.17) is 17.3 Å². The Labute approximate surface area is 105 Å². The van der Waals surface area contributed by atoms with Gasteiger partial charge in [0.15, 0.2) is 23.3 Å². The fourth-order valence-electron chi connectivity index (χ4n) is 1.23. The number of nitrogens with one attached hydrogen (secondary N) is 1. The van der Waals surface area contributed by atoms with Crippen molar-refractivity contribution in [1.82, 2.24) is 9.97 Å². The molecule has 0 amide bonds. The molecule has 2 aromatic rings. The first-order valence-electron chi connectivity index (χ1n) is 4.67. The maximum absolute atomic E-state index is 13.0. The summed E-state index contributed by atoms with van der Waals surface area (Å²) >= 11 is 5.75. The van der Waals surface area contributed by atoms with Gasteiger partial charge < -0.3 is 11.1 Å². The van der Waals surface area contributed by atoms with Crippen molar-refractivity contribution in [1.29, 1.82) is 0 Å². The van der Waals surface area contributed by atoms with Gasteiger partial charge in [0.25, 0.3) is 0 Å². The van der Waals surface area contributed by atoms with Gasteiger partial charge in [-0.15, -0.1) is 0 Å². The second-order valence-corrected chi connectivity index (χ2v) is 3.71. The van der Waals surface area contributed by atoms with E-state index in [2.05, 4.69) is 15.3 Å². The molecule has 1 aromatic carbocycles. The van der Waals surface area contributed by atoms with Crippen LogP contribution in [0.3, 0.4) is 0 Å². The normalized spacial score (nSPS) is 10.4. The molecule has 0 atom stereocenters. The Hall–Kier alpha value is -2.02. The third kappa shape index (κ3) is 2.45. The molecule has 94 valence electrons. The summed E-state index contributed by atoms with van der Waals surface area (Å²) in [6, 6.07) is 1.54. The smallest absolute Gasteiger partial charge is 0.222 e. The highest BCUT2D eigenvalue weighted by molar-refractivity contribution is 6.32. The number of halogens is 4. The van der Waals surface area contributed by atoms with Crippen molar-refractivity contribution < 1.29 is 13.2 Å². The van der Waals surface area contributed by atoms with Crippen molar-refractivity contribution in [3.05, 3.63) is 40.8 Å². The fourth-order valence-corrected chi connectivity index (χ4v) is 1.37. The third-order valence-corrected chi connectivity index (χ3v) is 2.29. The quantitative estimate of drug-likeness (QED) is 0.827. The minimum atomic E-state index is -1.55. The molecule has 3 N–H and O–H groups in total. The molecule has 0 aliphatic carbocycles. The average Bonchev–Trinajstić information content (AvgIpc) is 2.31. The number of nitrogens with two attached hydrogens (primary N) is 1. The summed E-state index contributed by atoms with van der Waals surface area (Å²) < 4.78 is 38.7. The molecule has 0 saturated heterocycles. The van der Waals surface area contributed by atoms with Crippen LogP contribution in [0, 0.1) is 17.5 Å². The van der Waals surface area contributed by atoms with Crippen LogP contribution in [0.4, 0.5) is 30.6 Å². The third-order valence-electron chi connectivity index (χ3n) is 2.01. The monoisotopic (exact) mass is 274 g/mol. The Morgan fingerprint density at radius 2 is 1.78 bits per heavy atom. The first-order valence-corrected chi connectivity index (χ1v) is 5.04. The summed E-state index contributed by atoms with van der Waals surface area (Å²) in [6.45, 7) is 0. The van der Waals surface area contributed by atoms with Gasteiger partial charge in [-0.2, -0.15) is 4.98 Å². The first-order chi connectivity index (χ1) is 8.47. The van der Waals surface area contributed by atoms with Crippen molar-refractivity contribution in [3.63, 3.8) is 0 Å². The highest BCUT2D eigenvalue weighted by Crippen LogP contribution is 2.25. The molecular weight excluding hydrogens is 269 g/mol. The standard InChI is InChI=1S/C10H6ClF3N4/c11-5-3-16-10(15)18-9(5)17-4-1-6(12)8(14)7(13)2-4/h1-3H,(H3,15,16,17,18). The Morgan fingerprint density at radius 3 is 2.39 bits per heavy atom. The highest BCUT2D eigenvalue weighted by atomic mass is 35.5. The van der Waals surface area contributed by atoms with Gasteiger partial charge in [0.05, 0.1) is 6.20 Å². The minimum Gasteiger partial charge on any atom is -0.368 e. The molecule has 4 nitrogen and oxygen atoms in total. The summed E-state index contributed by atoms with van der Waals surface area (Å²) in [6.07, 6.45) is 1.22. The van der Waals surface area contributed by atoms with E-state index in [0.717, 1.165) is 12.1 Å². The zero-order chi connectivity index (χ0) is 13.3. The van der Waals surface area contributed by atoms with E-state index in [1.54, 1.807) is 0 Å². The van der Waals surface area contributed by atoms with Gasteiger partial charge >= 0.3 is 0 Å². The molecule has 2 rings (SSSR count). The zero-order valence-electron chi connectivity index (χ0n) is 8.72. The van der Waals surface area contributed by atoms with Gasteiger partial charge in [-0.25, -0.2) is 18.2 Å². The molecule has 0 bridgehead atoms. The van der Waals surface area contributed by atoms with Crippen molar-refractivity contribution >= 4 is 29.1 Å². The van der Waals surface area contributed by atoms with Gasteiger partial charge in [0.1, 0.15) is 5.02 Å². The number of anilines is 3. The van der Waals surface area contributed by atoms with Gasteiger partial charge in [-0.3, -0.25) is 0 Å². The molecule has 0 spiro atoms. The molecule has 0 aliphatic rings. The van der Waals surface area contributed by atoms with Crippen molar-refractivity contribution in [2.24, 2.45) is 0 Å². The molecule has 0 aliphatic heterocycles. The van der Waals surface area contributed by atoms with Gasteiger partial charge in [-0.05, 0) is 0 Å². The lowest BCUT2D eigenvalue weighted by Gasteiger charge is -2.08. The van der Waals surface area contributed by atoms with E-state index in [1.807, 2.05) is 0 Å². The summed E-state index contributed by atoms with van der Waals surface area (Å²) in [4.78, 5) is 7.35. The van der Waals surface area contributed by atoms with Crippen LogP contribution in [0.25, 0.3) is 0 Å². The summed E-state index contributed by atoms with van der Waals surface area (Å²) in [5.41, 5.74) is 5.29. The molecule has 0 unspecified atom stereocenters. The summed E-state index contributed by atoms with van der Waals surface area (Å²) in [7, 11) is 0. The van der Waals surface area contributed by atoms with E-state index in [-0.39, 0.29) is 22.5 Å². The van der Waals surface area contributed by atoms with E-state index >= 15 is 0 Å². The van der Waals surface area contributed by atoms with Crippen LogP contribution >= 0.6 is 11.6 Å². The molecule has 0 radical (unpaired) electrons. The van der Waals surface area contributed by atoms with Crippen molar-refractivity contribution in [2.45, 2.75) is 0 Å². The Bertz CT molecular complexity index is 583. The molecule has 0 saturated carbocycles. The second kappa shape index (κ2) is 4.69. The van der Waals surface area contributed by atoms with Crippen molar-refractivity contribution in [2.75, 3.05) is 11.1 Å². The number of benzene rings is 1. The van der Waals surface area contributed by atoms with Crippen LogP contribution in [0.5, 0.6) is 0 Å². The lowest BCUT2D eigenvalue weighted by molar-refractivity contribution is 0.448. The average molecular weight is 275 g/mol. The number of hydrogen-bond acceptors (Lipinski definition) is 4. The Kier molecular flexibility index (Phi) is 3.24. The maximum Gasteiger partial charge on any atom is 0.222 e. The van der Waals surface area contributed by atoms with E-state index in [9.17, 15) is 13.2 Å². The topological polar surface area (TPSA) is 63.8 Å². The highest BCUT2D eigenvalue weighted by Gasteiger charge is 2.12. The molecule has 1 heterocycles. The Morgan fingerprint density at radius 1 is 1.17 bits per heavy atom. The number of hydrogen-bond donors (Lipinski definition) is 2. The van der Waals surface area contributed by atoms with Crippen LogP contribution in [0.15, 0.2) is 18.3 Å². The van der Waals surface area contributed by atoms with Crippen LogP contribution in [0.2, 0.25) is 5.02 Å². The molecule has 18 heavy (non-hydrogen) atoms. The number of aromatic nitrogens is 2. The van der Waals surface area contributed by atoms with E-state index in [1.165, 1.54) is 6.20 Å². The summed E-state index contributed by atoms with van der Waals surface area (Å²) in [5, 5.41) is 2.62. The van der Waals surface area contributed by atoms with Gasteiger partial charge in [-0.1, -0.05) is 11.6 Å². The predicted octanol–water partition coefficient (Wildman–Crippen LogP) is 2.87. The van der Waals surface area contributed by atoms with Gasteiger partial charge in [0, 0.05) is 17.8 Å². The predicted molar refractivity (Wildman–Crippen MR) is 61.1 cm³/mol.